The number of halogens is 1. The van der Waals surface area contributed by atoms with E-state index in [0.29, 0.717) is 18.2 Å². The maximum Gasteiger partial charge on any atom is 0.264 e. The summed E-state index contributed by atoms with van der Waals surface area (Å²) in [5.74, 6) is -0.313. The molecule has 5 nitrogen and oxygen atoms in total. The number of rotatable bonds is 7. The SMILES string of the molecule is COCC(C)n1c(C)cc(/C=C(\C#N)C(=O)N(C)Cc2ccc(Cl)cc2)c1C. The van der Waals surface area contributed by atoms with E-state index in [1.54, 1.807) is 32.4 Å². The fraction of sp³-hybridized carbons (Fsp3) is 0.364. The number of nitriles is 1. The zero-order valence-corrected chi connectivity index (χ0v) is 17.7. The third-order valence-corrected chi connectivity index (χ3v) is 4.95. The molecule has 0 saturated carbocycles. The van der Waals surface area contributed by atoms with Crippen molar-refractivity contribution in [1.82, 2.24) is 9.47 Å². The van der Waals surface area contributed by atoms with Crippen LogP contribution in [0.4, 0.5) is 0 Å². The molecule has 0 aliphatic carbocycles. The van der Waals surface area contributed by atoms with Gasteiger partial charge in [-0.05, 0) is 56.2 Å². The van der Waals surface area contributed by atoms with Crippen molar-refractivity contribution in [1.29, 1.82) is 5.26 Å². The number of aromatic nitrogens is 1. The summed E-state index contributed by atoms with van der Waals surface area (Å²) in [4.78, 5) is 14.3. The minimum absolute atomic E-state index is 0.108. The molecule has 0 radical (unpaired) electrons. The third-order valence-electron chi connectivity index (χ3n) is 4.70. The van der Waals surface area contributed by atoms with E-state index < -0.39 is 0 Å². The average Bonchev–Trinajstić information content (AvgIpc) is 2.94. The second kappa shape index (κ2) is 9.59. The number of amides is 1. The molecular formula is C22H26ClN3O2. The third kappa shape index (κ3) is 5.03. The van der Waals surface area contributed by atoms with Crippen molar-refractivity contribution in [3.8, 4) is 6.07 Å². The highest BCUT2D eigenvalue weighted by molar-refractivity contribution is 6.30. The van der Waals surface area contributed by atoms with E-state index in [1.165, 1.54) is 4.90 Å². The minimum atomic E-state index is -0.313. The Labute approximate surface area is 171 Å². The average molecular weight is 400 g/mol. The number of likely N-dealkylation sites (N-methyl/N-ethyl adjacent to an activating group) is 1. The molecule has 1 unspecified atom stereocenters. The molecule has 2 aromatic rings. The highest BCUT2D eigenvalue weighted by Gasteiger charge is 2.18. The number of aryl methyl sites for hydroxylation is 1. The van der Waals surface area contributed by atoms with Crippen molar-refractivity contribution in [2.75, 3.05) is 20.8 Å². The Balaban J connectivity index is 2.25. The topological polar surface area (TPSA) is 58.3 Å². The summed E-state index contributed by atoms with van der Waals surface area (Å²) >= 11 is 5.90. The van der Waals surface area contributed by atoms with E-state index in [9.17, 15) is 10.1 Å². The van der Waals surface area contributed by atoms with Gasteiger partial charge in [-0.2, -0.15) is 5.26 Å². The van der Waals surface area contributed by atoms with Gasteiger partial charge in [0, 0.05) is 37.1 Å². The van der Waals surface area contributed by atoms with Crippen molar-refractivity contribution in [3.05, 3.63) is 63.4 Å². The maximum absolute atomic E-state index is 12.8. The van der Waals surface area contributed by atoms with Gasteiger partial charge in [-0.15, -0.1) is 0 Å². The van der Waals surface area contributed by atoms with Crippen LogP contribution in [0.25, 0.3) is 6.08 Å². The summed E-state index contributed by atoms with van der Waals surface area (Å²) in [6.07, 6.45) is 1.67. The zero-order chi connectivity index (χ0) is 20.8. The lowest BCUT2D eigenvalue weighted by Gasteiger charge is -2.18. The van der Waals surface area contributed by atoms with Gasteiger partial charge in [0.1, 0.15) is 11.6 Å². The summed E-state index contributed by atoms with van der Waals surface area (Å²) < 4.78 is 7.41. The Bertz CT molecular complexity index is 907. The molecule has 0 aliphatic rings. The second-order valence-electron chi connectivity index (χ2n) is 6.96. The van der Waals surface area contributed by atoms with Gasteiger partial charge in [-0.25, -0.2) is 0 Å². The van der Waals surface area contributed by atoms with E-state index >= 15 is 0 Å². The number of hydrogen-bond acceptors (Lipinski definition) is 3. The number of ether oxygens (including phenoxy) is 1. The highest BCUT2D eigenvalue weighted by Crippen LogP contribution is 2.23. The molecule has 6 heteroatoms. The Morgan fingerprint density at radius 1 is 1.36 bits per heavy atom. The molecule has 0 saturated heterocycles. The number of carbonyl (C=O) groups is 1. The number of carbonyl (C=O) groups excluding carboxylic acids is 1. The highest BCUT2D eigenvalue weighted by atomic mass is 35.5. The van der Waals surface area contributed by atoms with Crippen LogP contribution in [-0.4, -0.2) is 36.1 Å². The van der Waals surface area contributed by atoms with Gasteiger partial charge < -0.3 is 14.2 Å². The summed E-state index contributed by atoms with van der Waals surface area (Å²) in [5, 5.41) is 10.2. The molecule has 0 fully saturated rings. The maximum atomic E-state index is 12.8. The molecular weight excluding hydrogens is 374 g/mol. The summed E-state index contributed by atoms with van der Waals surface area (Å²) in [5.41, 5.74) is 3.99. The van der Waals surface area contributed by atoms with Crippen LogP contribution in [0.3, 0.4) is 0 Å². The van der Waals surface area contributed by atoms with Crippen LogP contribution in [0.5, 0.6) is 0 Å². The number of hydrogen-bond donors (Lipinski definition) is 0. The molecule has 0 bridgehead atoms. The molecule has 1 aromatic heterocycles. The Morgan fingerprint density at radius 2 is 2.00 bits per heavy atom. The van der Waals surface area contributed by atoms with Crippen molar-refractivity contribution < 1.29 is 9.53 Å². The molecule has 0 N–H and O–H groups in total. The van der Waals surface area contributed by atoms with Gasteiger partial charge >= 0.3 is 0 Å². The number of nitrogens with zero attached hydrogens (tertiary/aromatic N) is 3. The molecule has 1 aromatic carbocycles. The van der Waals surface area contributed by atoms with Crippen molar-refractivity contribution in [2.24, 2.45) is 0 Å². The van der Waals surface area contributed by atoms with Gasteiger partial charge in [0.2, 0.25) is 0 Å². The summed E-state index contributed by atoms with van der Waals surface area (Å²) in [6, 6.07) is 11.5. The first-order chi connectivity index (χ1) is 13.3. The normalized spacial score (nSPS) is 12.5. The molecule has 0 aliphatic heterocycles. The lowest BCUT2D eigenvalue weighted by molar-refractivity contribution is -0.125. The lowest BCUT2D eigenvalue weighted by atomic mass is 10.1. The predicted octanol–water partition coefficient (Wildman–Crippen LogP) is 4.53. The molecule has 1 atom stereocenters. The zero-order valence-electron chi connectivity index (χ0n) is 17.0. The van der Waals surface area contributed by atoms with Gasteiger partial charge in [0.25, 0.3) is 5.91 Å². The van der Waals surface area contributed by atoms with Crippen molar-refractivity contribution in [2.45, 2.75) is 33.4 Å². The summed E-state index contributed by atoms with van der Waals surface area (Å²) in [6.45, 7) is 7.07. The molecule has 1 heterocycles. The van der Waals surface area contributed by atoms with Crippen LogP contribution in [0.15, 0.2) is 35.9 Å². The summed E-state index contributed by atoms with van der Waals surface area (Å²) in [7, 11) is 3.36. The minimum Gasteiger partial charge on any atom is -0.383 e. The second-order valence-corrected chi connectivity index (χ2v) is 7.39. The molecule has 1 amide bonds. The van der Waals surface area contributed by atoms with E-state index in [0.717, 1.165) is 22.5 Å². The Kier molecular flexibility index (Phi) is 7.45. The fourth-order valence-electron chi connectivity index (χ4n) is 3.38. The first-order valence-corrected chi connectivity index (χ1v) is 9.45. The lowest BCUT2D eigenvalue weighted by Crippen LogP contribution is -2.27. The van der Waals surface area contributed by atoms with Crippen LogP contribution in [0.1, 0.15) is 35.5 Å². The van der Waals surface area contributed by atoms with Crippen LogP contribution in [0, 0.1) is 25.2 Å². The van der Waals surface area contributed by atoms with E-state index in [2.05, 4.69) is 17.6 Å². The van der Waals surface area contributed by atoms with E-state index in [4.69, 9.17) is 16.3 Å². The van der Waals surface area contributed by atoms with Gasteiger partial charge in [0.15, 0.2) is 0 Å². The van der Waals surface area contributed by atoms with Gasteiger partial charge in [-0.3, -0.25) is 4.79 Å². The van der Waals surface area contributed by atoms with Gasteiger partial charge in [0.05, 0.1) is 12.6 Å². The van der Waals surface area contributed by atoms with Crippen LogP contribution in [0.2, 0.25) is 5.02 Å². The largest absolute Gasteiger partial charge is 0.383 e. The molecule has 28 heavy (non-hydrogen) atoms. The first kappa shape index (κ1) is 21.7. The molecule has 2 rings (SSSR count). The van der Waals surface area contributed by atoms with Crippen LogP contribution < -0.4 is 0 Å². The predicted molar refractivity (Wildman–Crippen MR) is 112 cm³/mol. The van der Waals surface area contributed by atoms with E-state index in [-0.39, 0.29) is 17.5 Å². The number of benzene rings is 1. The van der Waals surface area contributed by atoms with Crippen LogP contribution >= 0.6 is 11.6 Å². The quantitative estimate of drug-likeness (QED) is 0.507. The number of methoxy groups -OCH3 is 1. The Morgan fingerprint density at radius 3 is 2.57 bits per heavy atom. The monoisotopic (exact) mass is 399 g/mol. The molecule has 148 valence electrons. The van der Waals surface area contributed by atoms with Crippen molar-refractivity contribution >= 4 is 23.6 Å². The molecule has 0 spiro atoms. The fourth-order valence-corrected chi connectivity index (χ4v) is 3.51. The van der Waals surface area contributed by atoms with Crippen molar-refractivity contribution in [3.63, 3.8) is 0 Å². The van der Waals surface area contributed by atoms with E-state index in [1.807, 2.05) is 32.0 Å². The van der Waals surface area contributed by atoms with Gasteiger partial charge in [-0.1, -0.05) is 23.7 Å². The van der Waals surface area contributed by atoms with Crippen LogP contribution in [-0.2, 0) is 16.1 Å². The Hall–Kier alpha value is -2.55. The standard InChI is InChI=1S/C22H26ClN3O2/c1-15-10-19(17(3)26(15)16(2)14-28-5)11-20(12-24)22(27)25(4)13-18-6-8-21(23)9-7-18/h6-11,16H,13-14H2,1-5H3/b20-11+. The first-order valence-electron chi connectivity index (χ1n) is 9.07. The smallest absolute Gasteiger partial charge is 0.264 e.